The number of hydrogen-bond acceptors (Lipinski definition) is 1. The molecule has 1 fully saturated rings. The maximum Gasteiger partial charge on any atom is 0.00326 e. The van der Waals surface area contributed by atoms with Gasteiger partial charge >= 0.3 is 0 Å². The fraction of sp³-hybridized carbons (Fsp3) is 0.333. The predicted molar refractivity (Wildman–Crippen MR) is 80.6 cm³/mol. The van der Waals surface area contributed by atoms with Gasteiger partial charge in [-0.3, -0.25) is 0 Å². The predicted octanol–water partition coefficient (Wildman–Crippen LogP) is 3.86. The topological polar surface area (TPSA) is 12.0 Å². The Morgan fingerprint density at radius 3 is 2.47 bits per heavy atom. The molecule has 0 saturated carbocycles. The highest BCUT2D eigenvalue weighted by Crippen LogP contribution is 2.37. The summed E-state index contributed by atoms with van der Waals surface area (Å²) in [5.41, 5.74) is 4.32. The van der Waals surface area contributed by atoms with E-state index in [1.165, 1.54) is 23.1 Å². The molecule has 0 bridgehead atoms. The summed E-state index contributed by atoms with van der Waals surface area (Å²) in [5.74, 6) is 1.24. The molecule has 0 amide bonds. The Morgan fingerprint density at radius 2 is 1.68 bits per heavy atom. The third-order valence-electron chi connectivity index (χ3n) is 4.18. The summed E-state index contributed by atoms with van der Waals surface area (Å²) in [6.07, 6.45) is 1.23. The molecule has 19 heavy (non-hydrogen) atoms. The van der Waals surface area contributed by atoms with Gasteiger partial charge in [0, 0.05) is 12.5 Å². The van der Waals surface area contributed by atoms with Crippen LogP contribution in [-0.2, 0) is 0 Å². The van der Waals surface area contributed by atoms with Crippen LogP contribution in [0.4, 0.5) is 0 Å². The monoisotopic (exact) mass is 251 g/mol. The van der Waals surface area contributed by atoms with Crippen LogP contribution in [0.25, 0.3) is 0 Å². The maximum atomic E-state index is 3.55. The fourth-order valence-corrected chi connectivity index (χ4v) is 3.21. The molecule has 1 heterocycles. The van der Waals surface area contributed by atoms with Crippen molar-refractivity contribution in [1.82, 2.24) is 5.32 Å². The van der Waals surface area contributed by atoms with Gasteiger partial charge in [0.1, 0.15) is 0 Å². The SMILES string of the molecule is Cc1cccc(C2CCNCC2c2ccccc2)c1. The van der Waals surface area contributed by atoms with E-state index in [1.807, 2.05) is 0 Å². The van der Waals surface area contributed by atoms with Crippen molar-refractivity contribution >= 4 is 0 Å². The van der Waals surface area contributed by atoms with Crippen LogP contribution in [0.1, 0.15) is 34.9 Å². The second-order valence-corrected chi connectivity index (χ2v) is 5.53. The summed E-state index contributed by atoms with van der Waals surface area (Å²) in [6, 6.07) is 19.9. The summed E-state index contributed by atoms with van der Waals surface area (Å²) in [7, 11) is 0. The van der Waals surface area contributed by atoms with Gasteiger partial charge in [-0.15, -0.1) is 0 Å². The van der Waals surface area contributed by atoms with Crippen LogP contribution >= 0.6 is 0 Å². The zero-order valence-corrected chi connectivity index (χ0v) is 11.5. The quantitative estimate of drug-likeness (QED) is 0.854. The molecule has 1 aliphatic rings. The number of nitrogens with one attached hydrogen (secondary N) is 1. The van der Waals surface area contributed by atoms with Gasteiger partial charge in [0.05, 0.1) is 0 Å². The third-order valence-corrected chi connectivity index (χ3v) is 4.18. The van der Waals surface area contributed by atoms with Crippen LogP contribution in [0.5, 0.6) is 0 Å². The van der Waals surface area contributed by atoms with E-state index in [-0.39, 0.29) is 0 Å². The first-order valence-electron chi connectivity index (χ1n) is 7.17. The van der Waals surface area contributed by atoms with Crippen molar-refractivity contribution in [3.05, 3.63) is 71.3 Å². The Morgan fingerprint density at radius 1 is 0.895 bits per heavy atom. The minimum atomic E-state index is 0.594. The molecule has 2 unspecified atom stereocenters. The van der Waals surface area contributed by atoms with E-state index in [4.69, 9.17) is 0 Å². The highest BCUT2D eigenvalue weighted by molar-refractivity contribution is 5.32. The molecule has 2 aromatic carbocycles. The second-order valence-electron chi connectivity index (χ2n) is 5.53. The van der Waals surface area contributed by atoms with Crippen molar-refractivity contribution in [1.29, 1.82) is 0 Å². The molecular weight excluding hydrogens is 230 g/mol. The molecule has 1 aliphatic heterocycles. The fourth-order valence-electron chi connectivity index (χ4n) is 3.21. The molecule has 2 atom stereocenters. The van der Waals surface area contributed by atoms with E-state index in [0.29, 0.717) is 11.8 Å². The Hall–Kier alpha value is -1.60. The molecule has 98 valence electrons. The Labute approximate surface area is 115 Å². The van der Waals surface area contributed by atoms with Crippen molar-refractivity contribution in [2.24, 2.45) is 0 Å². The van der Waals surface area contributed by atoms with Crippen LogP contribution in [0, 0.1) is 6.92 Å². The lowest BCUT2D eigenvalue weighted by Crippen LogP contribution is -2.34. The Kier molecular flexibility index (Phi) is 3.65. The molecule has 1 N–H and O–H groups in total. The molecule has 0 spiro atoms. The average Bonchev–Trinajstić information content (AvgIpc) is 2.48. The molecular formula is C18H21N. The van der Waals surface area contributed by atoms with Gasteiger partial charge in [0.2, 0.25) is 0 Å². The molecule has 0 aromatic heterocycles. The van der Waals surface area contributed by atoms with E-state index in [1.54, 1.807) is 0 Å². The Bertz CT molecular complexity index is 532. The lowest BCUT2D eigenvalue weighted by atomic mass is 9.77. The lowest BCUT2D eigenvalue weighted by molar-refractivity contribution is 0.404. The summed E-state index contributed by atoms with van der Waals surface area (Å²) in [6.45, 7) is 4.40. The van der Waals surface area contributed by atoms with Crippen LogP contribution in [0.3, 0.4) is 0 Å². The summed E-state index contributed by atoms with van der Waals surface area (Å²) < 4.78 is 0. The number of aryl methyl sites for hydroxylation is 1. The normalized spacial score (nSPS) is 23.2. The van der Waals surface area contributed by atoms with Crippen LogP contribution in [0.2, 0.25) is 0 Å². The average molecular weight is 251 g/mol. The molecule has 0 aliphatic carbocycles. The summed E-state index contributed by atoms with van der Waals surface area (Å²) >= 11 is 0. The molecule has 1 nitrogen and oxygen atoms in total. The van der Waals surface area contributed by atoms with Gasteiger partial charge in [0.15, 0.2) is 0 Å². The minimum Gasteiger partial charge on any atom is -0.316 e. The smallest absolute Gasteiger partial charge is 0.00326 e. The first kappa shape index (κ1) is 12.4. The van der Waals surface area contributed by atoms with Crippen LogP contribution < -0.4 is 5.32 Å². The van der Waals surface area contributed by atoms with Crippen molar-refractivity contribution in [3.63, 3.8) is 0 Å². The first-order valence-corrected chi connectivity index (χ1v) is 7.17. The molecule has 1 saturated heterocycles. The third kappa shape index (κ3) is 2.71. The van der Waals surface area contributed by atoms with Crippen molar-refractivity contribution < 1.29 is 0 Å². The van der Waals surface area contributed by atoms with E-state index < -0.39 is 0 Å². The maximum absolute atomic E-state index is 3.55. The van der Waals surface area contributed by atoms with Crippen LogP contribution in [0.15, 0.2) is 54.6 Å². The highest BCUT2D eigenvalue weighted by Gasteiger charge is 2.27. The van der Waals surface area contributed by atoms with E-state index in [2.05, 4.69) is 66.8 Å². The first-order chi connectivity index (χ1) is 9.34. The van der Waals surface area contributed by atoms with Gasteiger partial charge in [-0.2, -0.15) is 0 Å². The zero-order chi connectivity index (χ0) is 13.1. The van der Waals surface area contributed by atoms with E-state index in [9.17, 15) is 0 Å². The van der Waals surface area contributed by atoms with Crippen molar-refractivity contribution in [3.8, 4) is 0 Å². The molecule has 3 rings (SSSR count). The number of benzene rings is 2. The Balaban J connectivity index is 1.93. The summed E-state index contributed by atoms with van der Waals surface area (Å²) in [4.78, 5) is 0. The lowest BCUT2D eigenvalue weighted by Gasteiger charge is -2.33. The second kappa shape index (κ2) is 5.58. The largest absolute Gasteiger partial charge is 0.316 e. The molecule has 1 heteroatoms. The minimum absolute atomic E-state index is 0.594. The van der Waals surface area contributed by atoms with Gasteiger partial charge in [-0.1, -0.05) is 60.2 Å². The van der Waals surface area contributed by atoms with E-state index in [0.717, 1.165) is 13.1 Å². The van der Waals surface area contributed by atoms with Crippen molar-refractivity contribution in [2.45, 2.75) is 25.2 Å². The standard InChI is InChI=1S/C18H21N/c1-14-6-5-9-16(12-14)17-10-11-19-13-18(17)15-7-3-2-4-8-15/h2-9,12,17-19H,10-11,13H2,1H3. The van der Waals surface area contributed by atoms with Gasteiger partial charge in [-0.05, 0) is 36.9 Å². The highest BCUT2D eigenvalue weighted by atomic mass is 14.9. The summed E-state index contributed by atoms with van der Waals surface area (Å²) in [5, 5.41) is 3.55. The van der Waals surface area contributed by atoms with E-state index >= 15 is 0 Å². The zero-order valence-electron chi connectivity index (χ0n) is 11.5. The number of hydrogen-bond donors (Lipinski definition) is 1. The van der Waals surface area contributed by atoms with Gasteiger partial charge < -0.3 is 5.32 Å². The molecule has 2 aromatic rings. The van der Waals surface area contributed by atoms with Gasteiger partial charge in [0.25, 0.3) is 0 Å². The number of piperidine rings is 1. The van der Waals surface area contributed by atoms with Crippen LogP contribution in [-0.4, -0.2) is 13.1 Å². The van der Waals surface area contributed by atoms with Gasteiger partial charge in [-0.25, -0.2) is 0 Å². The van der Waals surface area contributed by atoms with Crippen molar-refractivity contribution in [2.75, 3.05) is 13.1 Å². The molecule has 0 radical (unpaired) electrons. The number of rotatable bonds is 2.